The molecular formula is C24H21FN4O3. The summed E-state index contributed by atoms with van der Waals surface area (Å²) in [7, 11) is 0. The molecular weight excluding hydrogens is 411 g/mol. The first-order valence-corrected chi connectivity index (χ1v) is 10.4. The van der Waals surface area contributed by atoms with E-state index >= 15 is 0 Å². The minimum absolute atomic E-state index is 0.0574. The number of carbonyl (C=O) groups excluding carboxylic acids is 2. The van der Waals surface area contributed by atoms with Crippen LogP contribution in [0.2, 0.25) is 0 Å². The van der Waals surface area contributed by atoms with Gasteiger partial charge in [-0.05, 0) is 61.4 Å². The molecule has 1 saturated heterocycles. The van der Waals surface area contributed by atoms with Crippen molar-refractivity contribution in [2.75, 3.05) is 18.4 Å². The van der Waals surface area contributed by atoms with Gasteiger partial charge in [0.15, 0.2) is 0 Å². The van der Waals surface area contributed by atoms with Gasteiger partial charge in [-0.2, -0.15) is 0 Å². The number of fused-ring (bicyclic) bond motifs is 1. The van der Waals surface area contributed by atoms with E-state index in [0.717, 1.165) is 16.6 Å². The second kappa shape index (κ2) is 8.30. The van der Waals surface area contributed by atoms with Gasteiger partial charge >= 0.3 is 0 Å². The summed E-state index contributed by atoms with van der Waals surface area (Å²) in [5, 5.41) is 2.98. The number of aromatic amines is 1. The van der Waals surface area contributed by atoms with Crippen LogP contribution in [0.15, 0.2) is 65.5 Å². The molecule has 0 radical (unpaired) electrons. The molecule has 2 aromatic carbocycles. The van der Waals surface area contributed by atoms with Crippen LogP contribution in [0.5, 0.6) is 0 Å². The van der Waals surface area contributed by atoms with Crippen molar-refractivity contribution >= 4 is 28.5 Å². The molecule has 0 unspecified atom stereocenters. The van der Waals surface area contributed by atoms with Gasteiger partial charge in [-0.1, -0.05) is 0 Å². The molecule has 7 nitrogen and oxygen atoms in total. The zero-order chi connectivity index (χ0) is 22.1. The molecule has 5 rings (SSSR count). The number of benzene rings is 2. The van der Waals surface area contributed by atoms with Gasteiger partial charge in [0.1, 0.15) is 17.9 Å². The maximum Gasteiger partial charge on any atom is 0.257 e. The van der Waals surface area contributed by atoms with Crippen molar-refractivity contribution in [3.8, 4) is 11.4 Å². The summed E-state index contributed by atoms with van der Waals surface area (Å²) in [4.78, 5) is 34.7. The molecule has 4 aromatic rings. The molecule has 0 atom stereocenters. The van der Waals surface area contributed by atoms with Crippen molar-refractivity contribution in [1.82, 2.24) is 14.9 Å². The Bertz CT molecular complexity index is 1260. The number of rotatable bonds is 4. The standard InChI is InChI=1S/C24H21FN4O3/c25-18-3-1-15(2-4-18)22-27-20-6-5-19(13-21(20)28-22)26-23(30)16-7-10-29(11-8-16)24(31)17-9-12-32-14-17/h1-6,9,12-14,16H,7-8,10-11H2,(H,26,30)(H,27,28). The summed E-state index contributed by atoms with van der Waals surface area (Å²) in [6.45, 7) is 1.06. The first-order chi connectivity index (χ1) is 15.6. The molecule has 0 spiro atoms. The first kappa shape index (κ1) is 20.0. The highest BCUT2D eigenvalue weighted by Crippen LogP contribution is 2.25. The molecule has 32 heavy (non-hydrogen) atoms. The van der Waals surface area contributed by atoms with E-state index in [1.807, 2.05) is 18.2 Å². The first-order valence-electron chi connectivity index (χ1n) is 10.4. The normalized spacial score (nSPS) is 14.6. The van der Waals surface area contributed by atoms with Crippen LogP contribution in [0.25, 0.3) is 22.4 Å². The van der Waals surface area contributed by atoms with Crippen LogP contribution in [0.3, 0.4) is 0 Å². The third-order valence-electron chi connectivity index (χ3n) is 5.79. The van der Waals surface area contributed by atoms with Gasteiger partial charge < -0.3 is 19.6 Å². The van der Waals surface area contributed by atoms with E-state index in [9.17, 15) is 14.0 Å². The number of nitrogens with one attached hydrogen (secondary N) is 2. The fraction of sp³-hybridized carbons (Fsp3) is 0.208. The number of hydrogen-bond donors (Lipinski definition) is 2. The molecule has 2 N–H and O–H groups in total. The number of imidazole rings is 1. The lowest BCUT2D eigenvalue weighted by Gasteiger charge is -2.31. The average Bonchev–Trinajstić information content (AvgIpc) is 3.49. The predicted molar refractivity (Wildman–Crippen MR) is 117 cm³/mol. The highest BCUT2D eigenvalue weighted by Gasteiger charge is 2.28. The quantitative estimate of drug-likeness (QED) is 0.498. The van der Waals surface area contributed by atoms with E-state index in [1.165, 1.54) is 24.7 Å². The Morgan fingerprint density at radius 2 is 1.88 bits per heavy atom. The van der Waals surface area contributed by atoms with Crippen molar-refractivity contribution in [2.24, 2.45) is 5.92 Å². The Balaban J connectivity index is 1.23. The zero-order valence-corrected chi connectivity index (χ0v) is 17.2. The van der Waals surface area contributed by atoms with E-state index in [1.54, 1.807) is 23.1 Å². The SMILES string of the molecule is O=C(Nc1ccc2nc(-c3ccc(F)cc3)[nH]c2c1)C1CCN(C(=O)c2ccoc2)CC1. The van der Waals surface area contributed by atoms with Gasteiger partial charge in [-0.3, -0.25) is 9.59 Å². The third-order valence-corrected chi connectivity index (χ3v) is 5.79. The van der Waals surface area contributed by atoms with Crippen molar-refractivity contribution in [3.63, 3.8) is 0 Å². The minimum atomic E-state index is -0.300. The Morgan fingerprint density at radius 3 is 2.59 bits per heavy atom. The molecule has 2 amide bonds. The van der Waals surface area contributed by atoms with Crippen molar-refractivity contribution in [3.05, 3.63) is 72.4 Å². The summed E-state index contributed by atoms with van der Waals surface area (Å²) >= 11 is 0. The number of hydrogen-bond acceptors (Lipinski definition) is 4. The van der Waals surface area contributed by atoms with Gasteiger partial charge in [-0.25, -0.2) is 9.37 Å². The van der Waals surface area contributed by atoms with Gasteiger partial charge in [-0.15, -0.1) is 0 Å². The number of aromatic nitrogens is 2. The zero-order valence-electron chi connectivity index (χ0n) is 17.2. The van der Waals surface area contributed by atoms with E-state index < -0.39 is 0 Å². The number of piperidine rings is 1. The minimum Gasteiger partial charge on any atom is -0.472 e. The van der Waals surface area contributed by atoms with Gasteiger partial charge in [0, 0.05) is 30.3 Å². The summed E-state index contributed by atoms with van der Waals surface area (Å²) in [5.74, 6) is 0.0533. The summed E-state index contributed by atoms with van der Waals surface area (Å²) in [6.07, 6.45) is 4.13. The van der Waals surface area contributed by atoms with E-state index in [4.69, 9.17) is 4.42 Å². The maximum atomic E-state index is 13.2. The second-order valence-electron chi connectivity index (χ2n) is 7.89. The van der Waals surface area contributed by atoms with E-state index in [2.05, 4.69) is 15.3 Å². The number of nitrogens with zero attached hydrogens (tertiary/aromatic N) is 2. The smallest absolute Gasteiger partial charge is 0.257 e. The number of H-pyrrole nitrogens is 1. The van der Waals surface area contributed by atoms with Crippen molar-refractivity contribution in [1.29, 1.82) is 0 Å². The molecule has 1 aliphatic rings. The molecule has 162 valence electrons. The Labute approximate surface area is 183 Å². The van der Waals surface area contributed by atoms with Crippen molar-refractivity contribution < 1.29 is 18.4 Å². The molecule has 8 heteroatoms. The van der Waals surface area contributed by atoms with Gasteiger partial charge in [0.05, 0.1) is 22.9 Å². The third kappa shape index (κ3) is 3.99. The fourth-order valence-electron chi connectivity index (χ4n) is 3.99. The highest BCUT2D eigenvalue weighted by molar-refractivity contribution is 5.96. The molecule has 0 bridgehead atoms. The van der Waals surface area contributed by atoms with E-state index in [-0.39, 0.29) is 23.5 Å². The predicted octanol–water partition coefficient (Wildman–Crippen LogP) is 4.45. The monoisotopic (exact) mass is 432 g/mol. The van der Waals surface area contributed by atoms with E-state index in [0.29, 0.717) is 43.0 Å². The Kier molecular flexibility index (Phi) is 5.18. The van der Waals surface area contributed by atoms with Crippen LogP contribution >= 0.6 is 0 Å². The lowest BCUT2D eigenvalue weighted by molar-refractivity contribution is -0.121. The van der Waals surface area contributed by atoms with Gasteiger partial charge in [0.2, 0.25) is 5.91 Å². The largest absolute Gasteiger partial charge is 0.472 e. The van der Waals surface area contributed by atoms with Crippen molar-refractivity contribution in [2.45, 2.75) is 12.8 Å². The molecule has 0 aliphatic carbocycles. The number of amides is 2. The topological polar surface area (TPSA) is 91.2 Å². The number of halogens is 1. The van der Waals surface area contributed by atoms with Crippen LogP contribution < -0.4 is 5.32 Å². The summed E-state index contributed by atoms with van der Waals surface area (Å²) < 4.78 is 18.1. The van der Waals surface area contributed by atoms with Crippen LogP contribution in [0.4, 0.5) is 10.1 Å². The molecule has 2 aromatic heterocycles. The van der Waals surface area contributed by atoms with Crippen LogP contribution in [-0.4, -0.2) is 39.8 Å². The summed E-state index contributed by atoms with van der Waals surface area (Å²) in [6, 6.07) is 13.2. The second-order valence-corrected chi connectivity index (χ2v) is 7.89. The number of carbonyl (C=O) groups is 2. The number of furan rings is 1. The van der Waals surface area contributed by atoms with Gasteiger partial charge in [0.25, 0.3) is 5.91 Å². The molecule has 1 fully saturated rings. The van der Waals surface area contributed by atoms with Crippen LogP contribution in [-0.2, 0) is 4.79 Å². The average molecular weight is 432 g/mol. The maximum absolute atomic E-state index is 13.2. The molecule has 1 aliphatic heterocycles. The van der Waals surface area contributed by atoms with Crippen LogP contribution in [0.1, 0.15) is 23.2 Å². The Morgan fingerprint density at radius 1 is 1.09 bits per heavy atom. The molecule has 0 saturated carbocycles. The summed E-state index contributed by atoms with van der Waals surface area (Å²) in [5.41, 5.74) is 3.52. The molecule has 3 heterocycles. The fourth-order valence-corrected chi connectivity index (χ4v) is 3.99. The van der Waals surface area contributed by atoms with Crippen LogP contribution in [0, 0.1) is 11.7 Å². The number of anilines is 1. The highest BCUT2D eigenvalue weighted by atomic mass is 19.1. The lowest BCUT2D eigenvalue weighted by atomic mass is 9.95. The lowest BCUT2D eigenvalue weighted by Crippen LogP contribution is -2.41. The number of likely N-dealkylation sites (tertiary alicyclic amines) is 1. The Hall–Kier alpha value is -3.94.